The van der Waals surface area contributed by atoms with Crippen LogP contribution in [0.25, 0.3) is 0 Å². The lowest BCUT2D eigenvalue weighted by atomic mass is 9.94. The van der Waals surface area contributed by atoms with E-state index >= 15 is 0 Å². The summed E-state index contributed by atoms with van der Waals surface area (Å²) in [6.07, 6.45) is -0.483. The summed E-state index contributed by atoms with van der Waals surface area (Å²) in [6, 6.07) is 20.6. The summed E-state index contributed by atoms with van der Waals surface area (Å²) < 4.78 is 11.4. The third kappa shape index (κ3) is 3.34. The molecule has 28 heavy (non-hydrogen) atoms. The molecule has 1 amide bonds. The predicted molar refractivity (Wildman–Crippen MR) is 105 cm³/mol. The molecule has 5 rings (SSSR count). The molecule has 0 aromatic heterocycles. The van der Waals surface area contributed by atoms with Gasteiger partial charge in [0.05, 0.1) is 18.6 Å². The molecule has 5 heteroatoms. The largest absolute Gasteiger partial charge is 0.346 e. The van der Waals surface area contributed by atoms with Gasteiger partial charge in [-0.25, -0.2) is 0 Å². The molecule has 0 N–H and O–H groups in total. The second-order valence-corrected chi connectivity index (χ2v) is 8.16. The van der Waals surface area contributed by atoms with Crippen LogP contribution in [-0.4, -0.2) is 47.9 Å². The summed E-state index contributed by atoms with van der Waals surface area (Å²) in [6.45, 7) is 5.32. The Balaban J connectivity index is 1.33. The maximum Gasteiger partial charge on any atom is 0.230 e. The molecule has 2 aromatic rings. The van der Waals surface area contributed by atoms with E-state index in [2.05, 4.69) is 48.2 Å². The number of ether oxygens (including phenoxy) is 2. The lowest BCUT2D eigenvalue weighted by Crippen LogP contribution is -2.47. The average Bonchev–Trinajstić information content (AvgIpc) is 3.43. The summed E-state index contributed by atoms with van der Waals surface area (Å²) in [4.78, 5) is 17.9. The predicted octanol–water partition coefficient (Wildman–Crippen LogP) is 3.04. The van der Waals surface area contributed by atoms with Gasteiger partial charge in [-0.3, -0.25) is 9.69 Å². The maximum absolute atomic E-state index is 13.6. The standard InChI is InChI=1S/C23H26N2O3/c1-16-12-24(13-17-8-4-2-5-9-17)14-19(16)21(26)25-20(15-27-23-22(25)28-23)18-10-6-3-7-11-18/h2-11,16,19-20,22-23H,12-15H2,1H3. The molecule has 3 aliphatic rings. The van der Waals surface area contributed by atoms with Gasteiger partial charge in [0, 0.05) is 19.6 Å². The molecule has 3 saturated heterocycles. The first-order valence-corrected chi connectivity index (χ1v) is 10.1. The zero-order valence-corrected chi connectivity index (χ0v) is 16.1. The van der Waals surface area contributed by atoms with Gasteiger partial charge in [0.1, 0.15) is 0 Å². The van der Waals surface area contributed by atoms with Gasteiger partial charge < -0.3 is 14.4 Å². The lowest BCUT2D eigenvalue weighted by molar-refractivity contribution is -0.146. The summed E-state index contributed by atoms with van der Waals surface area (Å²) >= 11 is 0. The van der Waals surface area contributed by atoms with Crippen LogP contribution in [-0.2, 0) is 20.8 Å². The molecule has 5 unspecified atom stereocenters. The van der Waals surface area contributed by atoms with E-state index in [1.165, 1.54) is 5.56 Å². The number of likely N-dealkylation sites (tertiary alicyclic amines) is 1. The number of nitrogens with zero attached hydrogens (tertiary/aromatic N) is 2. The van der Waals surface area contributed by atoms with E-state index in [9.17, 15) is 4.79 Å². The van der Waals surface area contributed by atoms with Gasteiger partial charge in [-0.05, 0) is 17.0 Å². The van der Waals surface area contributed by atoms with E-state index in [1.54, 1.807) is 0 Å². The summed E-state index contributed by atoms with van der Waals surface area (Å²) in [5, 5.41) is 0. The Morgan fingerprint density at radius 3 is 2.50 bits per heavy atom. The van der Waals surface area contributed by atoms with Crippen molar-refractivity contribution in [3.05, 3.63) is 71.8 Å². The van der Waals surface area contributed by atoms with E-state index in [0.29, 0.717) is 12.5 Å². The minimum Gasteiger partial charge on any atom is -0.346 e. The van der Waals surface area contributed by atoms with Crippen LogP contribution < -0.4 is 0 Å². The van der Waals surface area contributed by atoms with Crippen LogP contribution in [0, 0.1) is 11.8 Å². The molecule has 0 radical (unpaired) electrons. The molecule has 5 nitrogen and oxygen atoms in total. The highest BCUT2D eigenvalue weighted by Gasteiger charge is 2.55. The molecule has 0 aliphatic carbocycles. The van der Waals surface area contributed by atoms with Gasteiger partial charge in [0.25, 0.3) is 0 Å². The van der Waals surface area contributed by atoms with E-state index in [1.807, 2.05) is 29.2 Å². The van der Waals surface area contributed by atoms with Crippen molar-refractivity contribution in [3.8, 4) is 0 Å². The van der Waals surface area contributed by atoms with Crippen LogP contribution in [0.2, 0.25) is 0 Å². The number of hydrogen-bond donors (Lipinski definition) is 0. The molecular weight excluding hydrogens is 352 g/mol. The number of epoxide rings is 1. The van der Waals surface area contributed by atoms with Crippen molar-refractivity contribution >= 4 is 5.91 Å². The van der Waals surface area contributed by atoms with Crippen molar-refractivity contribution in [1.82, 2.24) is 9.80 Å². The Hall–Kier alpha value is -2.21. The molecule has 3 fully saturated rings. The smallest absolute Gasteiger partial charge is 0.230 e. The Morgan fingerprint density at radius 1 is 1.04 bits per heavy atom. The van der Waals surface area contributed by atoms with Crippen molar-refractivity contribution in [2.24, 2.45) is 11.8 Å². The second-order valence-electron chi connectivity index (χ2n) is 8.16. The lowest BCUT2D eigenvalue weighted by Gasteiger charge is -2.35. The molecule has 146 valence electrons. The quantitative estimate of drug-likeness (QED) is 0.767. The zero-order chi connectivity index (χ0) is 19.1. The van der Waals surface area contributed by atoms with Gasteiger partial charge in [-0.2, -0.15) is 0 Å². The first kappa shape index (κ1) is 17.9. The first-order chi connectivity index (χ1) is 13.7. The fraction of sp³-hybridized carbons (Fsp3) is 0.435. The number of amides is 1. The zero-order valence-electron chi connectivity index (χ0n) is 16.1. The average molecular weight is 378 g/mol. The molecule has 0 bridgehead atoms. The number of fused-ring (bicyclic) bond motifs is 1. The van der Waals surface area contributed by atoms with Gasteiger partial charge >= 0.3 is 0 Å². The van der Waals surface area contributed by atoms with Crippen LogP contribution in [0.3, 0.4) is 0 Å². The molecule has 0 spiro atoms. The Kier molecular flexibility index (Phi) is 4.67. The van der Waals surface area contributed by atoms with Crippen LogP contribution in [0.4, 0.5) is 0 Å². The van der Waals surface area contributed by atoms with Gasteiger partial charge in [-0.15, -0.1) is 0 Å². The van der Waals surface area contributed by atoms with Crippen LogP contribution in [0.5, 0.6) is 0 Å². The van der Waals surface area contributed by atoms with E-state index < -0.39 is 0 Å². The molecule has 0 saturated carbocycles. The Labute approximate surface area is 165 Å². The fourth-order valence-corrected chi connectivity index (χ4v) is 4.62. The van der Waals surface area contributed by atoms with E-state index in [4.69, 9.17) is 9.47 Å². The number of rotatable bonds is 4. The Morgan fingerprint density at radius 2 is 1.75 bits per heavy atom. The van der Waals surface area contributed by atoms with Crippen molar-refractivity contribution in [2.75, 3.05) is 19.7 Å². The number of carbonyl (C=O) groups excluding carboxylic acids is 1. The summed E-state index contributed by atoms with van der Waals surface area (Å²) in [5.74, 6) is 0.526. The van der Waals surface area contributed by atoms with Crippen molar-refractivity contribution < 1.29 is 14.3 Å². The molecule has 2 aromatic carbocycles. The van der Waals surface area contributed by atoms with Crippen molar-refractivity contribution in [1.29, 1.82) is 0 Å². The Bertz CT molecular complexity index is 828. The molecule has 5 atom stereocenters. The number of hydrogen-bond acceptors (Lipinski definition) is 4. The van der Waals surface area contributed by atoms with Gasteiger partial charge in [0.15, 0.2) is 6.23 Å². The van der Waals surface area contributed by atoms with Gasteiger partial charge in [-0.1, -0.05) is 67.6 Å². The maximum atomic E-state index is 13.6. The minimum atomic E-state index is -0.249. The highest BCUT2D eigenvalue weighted by atomic mass is 16.8. The van der Waals surface area contributed by atoms with Crippen molar-refractivity contribution in [2.45, 2.75) is 32.0 Å². The normalized spacial score (nSPS) is 32.2. The minimum absolute atomic E-state index is 0.00197. The van der Waals surface area contributed by atoms with Crippen LogP contribution >= 0.6 is 0 Å². The molecule has 3 aliphatic heterocycles. The number of morpholine rings is 1. The fourth-order valence-electron chi connectivity index (χ4n) is 4.62. The third-order valence-corrected chi connectivity index (χ3v) is 6.15. The number of benzene rings is 2. The SMILES string of the molecule is CC1CN(Cc2ccccc2)CC1C(=O)N1C(c2ccccc2)COC2OC21. The van der Waals surface area contributed by atoms with Crippen LogP contribution in [0.15, 0.2) is 60.7 Å². The highest BCUT2D eigenvalue weighted by Crippen LogP contribution is 2.42. The number of carbonyl (C=O) groups is 1. The van der Waals surface area contributed by atoms with Gasteiger partial charge in [0.2, 0.25) is 12.2 Å². The second kappa shape index (κ2) is 7.32. The first-order valence-electron chi connectivity index (χ1n) is 10.1. The van der Waals surface area contributed by atoms with E-state index in [0.717, 1.165) is 25.2 Å². The topological polar surface area (TPSA) is 45.3 Å². The summed E-state index contributed by atoms with van der Waals surface area (Å²) in [7, 11) is 0. The third-order valence-electron chi connectivity index (χ3n) is 6.15. The van der Waals surface area contributed by atoms with E-state index in [-0.39, 0.29) is 30.4 Å². The monoisotopic (exact) mass is 378 g/mol. The summed E-state index contributed by atoms with van der Waals surface area (Å²) in [5.41, 5.74) is 2.40. The van der Waals surface area contributed by atoms with Crippen molar-refractivity contribution in [3.63, 3.8) is 0 Å². The van der Waals surface area contributed by atoms with Crippen LogP contribution in [0.1, 0.15) is 24.1 Å². The highest BCUT2D eigenvalue weighted by molar-refractivity contribution is 5.81. The molecular formula is C23H26N2O3. The molecule has 3 heterocycles.